The molecule has 3 rings (SSSR count). The summed E-state index contributed by atoms with van der Waals surface area (Å²) in [7, 11) is 0. The number of rotatable bonds is 5. The van der Waals surface area contributed by atoms with E-state index < -0.39 is 0 Å². The molecule has 24 heavy (non-hydrogen) atoms. The Balaban J connectivity index is 1.61. The molecule has 1 aliphatic carbocycles. The number of hydrogen-bond acceptors (Lipinski definition) is 3. The van der Waals surface area contributed by atoms with E-state index in [0.29, 0.717) is 17.6 Å². The van der Waals surface area contributed by atoms with Crippen LogP contribution in [0.15, 0.2) is 40.7 Å². The van der Waals surface area contributed by atoms with Gasteiger partial charge in [-0.3, -0.25) is 9.59 Å². The molecule has 126 valence electrons. The highest BCUT2D eigenvalue weighted by molar-refractivity contribution is 5.77. The van der Waals surface area contributed by atoms with E-state index in [1.54, 1.807) is 0 Å². The van der Waals surface area contributed by atoms with Crippen molar-refractivity contribution in [3.8, 4) is 0 Å². The van der Waals surface area contributed by atoms with Crippen molar-refractivity contribution in [2.75, 3.05) is 0 Å². The lowest BCUT2D eigenvalue weighted by atomic mass is 9.94. The number of aromatic amines is 1. The summed E-state index contributed by atoms with van der Waals surface area (Å²) in [5.41, 5.74) is 2.97. The van der Waals surface area contributed by atoms with E-state index in [9.17, 15) is 9.59 Å². The number of carbonyl (C=O) groups is 1. The summed E-state index contributed by atoms with van der Waals surface area (Å²) < 4.78 is 0. The molecule has 0 bridgehead atoms. The molecule has 1 amide bonds. The smallest absolute Gasteiger partial charge is 0.270 e. The average Bonchev–Trinajstić information content (AvgIpc) is 2.60. The molecule has 0 fully saturated rings. The van der Waals surface area contributed by atoms with Crippen LogP contribution in [0.1, 0.15) is 44.7 Å². The Kier molecular flexibility index (Phi) is 5.08. The minimum atomic E-state index is -0.218. The van der Waals surface area contributed by atoms with E-state index in [2.05, 4.69) is 21.4 Å². The number of nitrogens with zero attached hydrogens (tertiary/aromatic N) is 1. The fourth-order valence-corrected chi connectivity index (χ4v) is 3.13. The Labute approximate surface area is 141 Å². The van der Waals surface area contributed by atoms with Gasteiger partial charge in [-0.05, 0) is 44.7 Å². The van der Waals surface area contributed by atoms with Crippen molar-refractivity contribution in [1.29, 1.82) is 0 Å². The lowest BCUT2D eigenvalue weighted by Crippen LogP contribution is -2.34. The van der Waals surface area contributed by atoms with Crippen LogP contribution in [-0.4, -0.2) is 21.9 Å². The zero-order valence-corrected chi connectivity index (χ0v) is 14.0. The first-order valence-electron chi connectivity index (χ1n) is 8.60. The second kappa shape index (κ2) is 7.43. The Morgan fingerprint density at radius 1 is 1.33 bits per heavy atom. The summed E-state index contributed by atoms with van der Waals surface area (Å²) >= 11 is 0. The number of amides is 1. The fraction of sp³-hybridized carbons (Fsp3) is 0.421. The number of H-pyrrole nitrogens is 1. The van der Waals surface area contributed by atoms with E-state index in [-0.39, 0.29) is 23.9 Å². The highest BCUT2D eigenvalue weighted by Crippen LogP contribution is 2.20. The predicted molar refractivity (Wildman–Crippen MR) is 94.8 cm³/mol. The van der Waals surface area contributed by atoms with Gasteiger partial charge in [0.2, 0.25) is 5.91 Å². The van der Waals surface area contributed by atoms with Crippen LogP contribution in [0.25, 0.3) is 11.0 Å². The minimum absolute atomic E-state index is 0.0386. The molecule has 0 saturated carbocycles. The van der Waals surface area contributed by atoms with Crippen LogP contribution in [0.2, 0.25) is 0 Å². The summed E-state index contributed by atoms with van der Waals surface area (Å²) in [6.45, 7) is 2.02. The number of hydrogen-bond donors (Lipinski definition) is 2. The van der Waals surface area contributed by atoms with E-state index in [4.69, 9.17) is 0 Å². The zero-order chi connectivity index (χ0) is 16.9. The van der Waals surface area contributed by atoms with Crippen molar-refractivity contribution in [3.63, 3.8) is 0 Å². The third kappa shape index (κ3) is 3.91. The van der Waals surface area contributed by atoms with Crippen molar-refractivity contribution in [3.05, 3.63) is 52.0 Å². The Morgan fingerprint density at radius 3 is 2.96 bits per heavy atom. The van der Waals surface area contributed by atoms with Gasteiger partial charge < -0.3 is 10.3 Å². The summed E-state index contributed by atoms with van der Waals surface area (Å²) in [5, 5.41) is 3.03. The molecule has 5 nitrogen and oxygen atoms in total. The Bertz CT molecular complexity index is 823. The van der Waals surface area contributed by atoms with Gasteiger partial charge in [0.25, 0.3) is 5.56 Å². The standard InChI is InChI=1S/C19H23N3O2/c1-13(14-7-3-2-4-8-14)20-18(23)12-11-17-19(24)22-16-10-6-5-9-15(16)21-17/h5-7,9-10,13H,2-4,8,11-12H2,1H3,(H,20,23)(H,22,24). The van der Waals surface area contributed by atoms with Crippen molar-refractivity contribution < 1.29 is 4.79 Å². The molecule has 0 spiro atoms. The van der Waals surface area contributed by atoms with Gasteiger partial charge >= 0.3 is 0 Å². The summed E-state index contributed by atoms with van der Waals surface area (Å²) in [4.78, 5) is 31.4. The van der Waals surface area contributed by atoms with Crippen LogP contribution < -0.4 is 10.9 Å². The van der Waals surface area contributed by atoms with Gasteiger partial charge in [-0.25, -0.2) is 4.98 Å². The Hall–Kier alpha value is -2.43. The van der Waals surface area contributed by atoms with Crippen molar-refractivity contribution in [1.82, 2.24) is 15.3 Å². The van der Waals surface area contributed by atoms with Gasteiger partial charge in [0, 0.05) is 18.9 Å². The molecule has 1 aliphatic rings. The van der Waals surface area contributed by atoms with Gasteiger partial charge in [-0.2, -0.15) is 0 Å². The topological polar surface area (TPSA) is 74.8 Å². The summed E-state index contributed by atoms with van der Waals surface area (Å²) in [6, 6.07) is 7.48. The number of aryl methyl sites for hydroxylation is 1. The molecule has 2 N–H and O–H groups in total. The summed E-state index contributed by atoms with van der Waals surface area (Å²) in [6.07, 6.45) is 7.45. The first-order chi connectivity index (χ1) is 11.6. The van der Waals surface area contributed by atoms with Crippen molar-refractivity contribution >= 4 is 16.9 Å². The maximum Gasteiger partial charge on any atom is 0.270 e. The number of aromatic nitrogens is 2. The van der Waals surface area contributed by atoms with Crippen LogP contribution in [0.3, 0.4) is 0 Å². The molecule has 1 aromatic heterocycles. The number of nitrogens with one attached hydrogen (secondary N) is 2. The molecular formula is C19H23N3O2. The van der Waals surface area contributed by atoms with Gasteiger partial charge in [0.1, 0.15) is 5.69 Å². The molecule has 1 atom stereocenters. The molecule has 0 radical (unpaired) electrons. The quantitative estimate of drug-likeness (QED) is 0.830. The Morgan fingerprint density at radius 2 is 2.17 bits per heavy atom. The van der Waals surface area contributed by atoms with Crippen LogP contribution in [0, 0.1) is 0 Å². The molecule has 1 unspecified atom stereocenters. The van der Waals surface area contributed by atoms with Crippen LogP contribution in [-0.2, 0) is 11.2 Å². The molecule has 1 heterocycles. The monoisotopic (exact) mass is 325 g/mol. The van der Waals surface area contributed by atoms with Crippen LogP contribution in [0.5, 0.6) is 0 Å². The second-order valence-electron chi connectivity index (χ2n) is 6.34. The number of benzene rings is 1. The molecule has 0 saturated heterocycles. The van der Waals surface area contributed by atoms with E-state index in [1.165, 1.54) is 18.4 Å². The lowest BCUT2D eigenvalue weighted by Gasteiger charge is -2.20. The fourth-order valence-electron chi connectivity index (χ4n) is 3.13. The highest BCUT2D eigenvalue weighted by atomic mass is 16.1. The maximum atomic E-state index is 12.2. The third-order valence-electron chi connectivity index (χ3n) is 4.52. The number of allylic oxidation sites excluding steroid dienone is 1. The average molecular weight is 325 g/mol. The molecular weight excluding hydrogens is 302 g/mol. The van der Waals surface area contributed by atoms with Gasteiger partial charge in [0.15, 0.2) is 0 Å². The normalized spacial score (nSPS) is 15.8. The summed E-state index contributed by atoms with van der Waals surface area (Å²) in [5.74, 6) is -0.0386. The molecule has 1 aromatic carbocycles. The van der Waals surface area contributed by atoms with Gasteiger partial charge in [-0.15, -0.1) is 0 Å². The number of fused-ring (bicyclic) bond motifs is 1. The third-order valence-corrected chi connectivity index (χ3v) is 4.52. The first-order valence-corrected chi connectivity index (χ1v) is 8.60. The van der Waals surface area contributed by atoms with E-state index in [1.807, 2.05) is 31.2 Å². The second-order valence-corrected chi connectivity index (χ2v) is 6.34. The first kappa shape index (κ1) is 16.4. The SMILES string of the molecule is CC(NC(=O)CCc1nc2ccccc2[nH]c1=O)C1=CCCCC1. The van der Waals surface area contributed by atoms with Crippen LogP contribution >= 0.6 is 0 Å². The van der Waals surface area contributed by atoms with E-state index in [0.717, 1.165) is 18.4 Å². The van der Waals surface area contributed by atoms with Gasteiger partial charge in [-0.1, -0.05) is 23.8 Å². The molecule has 2 aromatic rings. The molecule has 0 aliphatic heterocycles. The van der Waals surface area contributed by atoms with Gasteiger partial charge in [0.05, 0.1) is 11.0 Å². The molecule has 5 heteroatoms. The maximum absolute atomic E-state index is 12.2. The van der Waals surface area contributed by atoms with E-state index >= 15 is 0 Å². The highest BCUT2D eigenvalue weighted by Gasteiger charge is 2.15. The van der Waals surface area contributed by atoms with Crippen molar-refractivity contribution in [2.45, 2.75) is 51.5 Å². The zero-order valence-electron chi connectivity index (χ0n) is 14.0. The van der Waals surface area contributed by atoms with Crippen molar-refractivity contribution in [2.24, 2.45) is 0 Å². The lowest BCUT2D eigenvalue weighted by molar-refractivity contribution is -0.121. The van der Waals surface area contributed by atoms with Crippen LogP contribution in [0.4, 0.5) is 0 Å². The number of para-hydroxylation sites is 2. The number of carbonyl (C=O) groups excluding carboxylic acids is 1. The minimum Gasteiger partial charge on any atom is -0.350 e. The predicted octanol–water partition coefficient (Wildman–Crippen LogP) is 2.86. The largest absolute Gasteiger partial charge is 0.350 e.